The molecule has 2 aromatic carbocycles. The number of sulfonamides is 1. The van der Waals surface area contributed by atoms with Crippen molar-refractivity contribution in [2.24, 2.45) is 4.99 Å². The Morgan fingerprint density at radius 1 is 1.08 bits per heavy atom. The molecule has 3 aliphatic heterocycles. The van der Waals surface area contributed by atoms with Crippen LogP contribution >= 0.6 is 0 Å². The van der Waals surface area contributed by atoms with Crippen molar-refractivity contribution in [2.45, 2.75) is 57.5 Å². The Morgan fingerprint density at radius 3 is 2.35 bits per heavy atom. The summed E-state index contributed by atoms with van der Waals surface area (Å²) >= 11 is 0. The van der Waals surface area contributed by atoms with Crippen LogP contribution < -0.4 is 10.1 Å². The number of aliphatic imine (C=N–C) groups is 1. The molecule has 3 aliphatic rings. The molecule has 2 saturated heterocycles. The van der Waals surface area contributed by atoms with Gasteiger partial charge in [-0.25, -0.2) is 8.42 Å². The van der Waals surface area contributed by atoms with Gasteiger partial charge >= 0.3 is 6.36 Å². The Labute approximate surface area is 284 Å². The van der Waals surface area contributed by atoms with Gasteiger partial charge in [0, 0.05) is 49.3 Å². The van der Waals surface area contributed by atoms with Crippen molar-refractivity contribution in [3.8, 4) is 5.75 Å². The van der Waals surface area contributed by atoms with Crippen LogP contribution in [0.2, 0.25) is 0 Å². The molecule has 0 atom stereocenters. The molecule has 0 aliphatic carbocycles. The summed E-state index contributed by atoms with van der Waals surface area (Å²) in [6.45, 7) is 6.45. The molecule has 49 heavy (non-hydrogen) atoms. The van der Waals surface area contributed by atoms with Gasteiger partial charge in [0.25, 0.3) is 11.8 Å². The minimum absolute atomic E-state index is 0.0247. The highest BCUT2D eigenvalue weighted by atomic mass is 32.2. The number of carbonyl (C=O) groups is 2. The van der Waals surface area contributed by atoms with E-state index >= 15 is 0 Å². The number of rotatable bonds is 10. The van der Waals surface area contributed by atoms with E-state index in [0.717, 1.165) is 48.1 Å². The molecule has 11 nitrogen and oxygen atoms in total. The summed E-state index contributed by atoms with van der Waals surface area (Å²) in [4.78, 5) is 34.7. The predicted octanol–water partition coefficient (Wildman–Crippen LogP) is 4.10. The molecule has 2 fully saturated rings. The van der Waals surface area contributed by atoms with E-state index in [-0.39, 0.29) is 49.3 Å². The normalized spacial score (nSPS) is 19.1. The first-order valence-electron chi connectivity index (χ1n) is 16.2. The van der Waals surface area contributed by atoms with Crippen molar-refractivity contribution in [2.75, 3.05) is 53.4 Å². The molecule has 0 bridgehead atoms. The first-order valence-corrected chi connectivity index (χ1v) is 17.7. The molecule has 1 N–H and O–H groups in total. The third-order valence-corrected chi connectivity index (χ3v) is 10.7. The zero-order valence-corrected chi connectivity index (χ0v) is 28.9. The number of carbonyl (C=O) groups excluding carboxylic acids is 2. The van der Waals surface area contributed by atoms with Crippen molar-refractivity contribution in [3.63, 3.8) is 0 Å². The number of hydrogen-bond acceptors (Lipinski definition) is 8. The fourth-order valence-electron chi connectivity index (χ4n) is 6.35. The van der Waals surface area contributed by atoms with Gasteiger partial charge in [0.05, 0.1) is 12.7 Å². The van der Waals surface area contributed by atoms with E-state index in [1.807, 2.05) is 32.8 Å². The van der Waals surface area contributed by atoms with Crippen molar-refractivity contribution >= 4 is 33.7 Å². The minimum atomic E-state index is -4.87. The van der Waals surface area contributed by atoms with Gasteiger partial charge in [0.1, 0.15) is 17.1 Å². The Kier molecular flexibility index (Phi) is 10.9. The fourth-order valence-corrected chi connectivity index (χ4v) is 7.53. The highest BCUT2D eigenvalue weighted by molar-refractivity contribution is 7.92. The molecule has 266 valence electrons. The van der Waals surface area contributed by atoms with Gasteiger partial charge in [-0.05, 0) is 101 Å². The molecule has 1 spiro atoms. The maximum absolute atomic E-state index is 13.3. The first kappa shape index (κ1) is 36.5. The summed E-state index contributed by atoms with van der Waals surface area (Å²) in [6, 6.07) is 8.71. The smallest absolute Gasteiger partial charge is 0.406 e. The number of amides is 2. The fraction of sp³-hybridized carbons (Fsp3) is 0.500. The molecule has 5 rings (SSSR count). The number of nitrogens with zero attached hydrogens (tertiary/aromatic N) is 4. The maximum atomic E-state index is 13.3. The number of benzene rings is 2. The van der Waals surface area contributed by atoms with E-state index in [1.165, 1.54) is 22.5 Å². The van der Waals surface area contributed by atoms with E-state index in [2.05, 4.69) is 19.9 Å². The van der Waals surface area contributed by atoms with E-state index in [1.54, 1.807) is 12.1 Å². The number of aryl methyl sites for hydroxylation is 2. The lowest BCUT2D eigenvalue weighted by molar-refractivity contribution is -0.274. The van der Waals surface area contributed by atoms with Crippen LogP contribution in [-0.2, 0) is 19.6 Å². The van der Waals surface area contributed by atoms with Gasteiger partial charge < -0.3 is 24.6 Å². The third-order valence-electron chi connectivity index (χ3n) is 9.10. The van der Waals surface area contributed by atoms with E-state index < -0.39 is 33.6 Å². The molecule has 15 heteroatoms. The van der Waals surface area contributed by atoms with Gasteiger partial charge in [-0.2, -0.15) is 4.31 Å². The number of nitrogens with one attached hydrogen (secondary N) is 1. The second kappa shape index (κ2) is 14.6. The lowest BCUT2D eigenvalue weighted by atomic mass is 9.89. The van der Waals surface area contributed by atoms with Crippen LogP contribution in [0.5, 0.6) is 5.75 Å². The predicted molar refractivity (Wildman–Crippen MR) is 179 cm³/mol. The van der Waals surface area contributed by atoms with Crippen LogP contribution in [-0.4, -0.2) is 112 Å². The Bertz CT molecular complexity index is 1700. The van der Waals surface area contributed by atoms with Gasteiger partial charge in [-0.15, -0.1) is 13.2 Å². The lowest BCUT2D eigenvalue weighted by Gasteiger charge is -2.34. The number of likely N-dealkylation sites (tertiary alicyclic amines) is 1. The zero-order valence-electron chi connectivity index (χ0n) is 28.0. The van der Waals surface area contributed by atoms with Crippen LogP contribution in [0.1, 0.15) is 58.3 Å². The van der Waals surface area contributed by atoms with Gasteiger partial charge in [0.15, 0.2) is 0 Å². The van der Waals surface area contributed by atoms with Crippen molar-refractivity contribution in [3.05, 3.63) is 69.6 Å². The standard InChI is InChI=1S/C34H42F3N5O6S/c1-23-20-26(31(43)41-13-8-27(9-14-41)47-18-17-40(3)4)21-24(2)29(23)10-19-49(45,46)42-15-11-33(12-16-42)32(44)38-30(39-33)25-6-5-7-28(22-25)48-34(35,36)37/h5-7,10,19-22,27H,8-9,11-18H2,1-4H3,(H,38,39,44)/b19-10+. The van der Waals surface area contributed by atoms with Crippen LogP contribution in [0.15, 0.2) is 46.8 Å². The second-order valence-corrected chi connectivity index (χ2v) is 14.8. The SMILES string of the molecule is Cc1cc(C(=O)N2CCC(OCCN(C)C)CC2)cc(C)c1/C=C/S(=O)(=O)N1CCC2(CC1)N=C(c1cccc(OC(F)(F)F)c1)NC2=O. The molecule has 2 amide bonds. The van der Waals surface area contributed by atoms with Crippen LogP contribution in [0.3, 0.4) is 0 Å². The van der Waals surface area contributed by atoms with E-state index in [4.69, 9.17) is 4.74 Å². The summed E-state index contributed by atoms with van der Waals surface area (Å²) in [5.74, 6) is -0.835. The number of alkyl halides is 3. The maximum Gasteiger partial charge on any atom is 0.573 e. The summed E-state index contributed by atoms with van der Waals surface area (Å²) in [5.41, 5.74) is 1.80. The molecule has 0 unspecified atom stereocenters. The van der Waals surface area contributed by atoms with Crippen LogP contribution in [0.4, 0.5) is 13.2 Å². The highest BCUT2D eigenvalue weighted by Crippen LogP contribution is 2.33. The molecule has 0 saturated carbocycles. The highest BCUT2D eigenvalue weighted by Gasteiger charge is 2.47. The van der Waals surface area contributed by atoms with E-state index in [9.17, 15) is 31.2 Å². The first-order chi connectivity index (χ1) is 23.0. The number of piperidine rings is 2. The molecule has 2 aromatic rings. The number of hydrogen-bond donors (Lipinski definition) is 1. The van der Waals surface area contributed by atoms with Crippen molar-refractivity contribution in [1.82, 2.24) is 19.4 Å². The number of likely N-dealkylation sites (N-methyl/N-ethyl adjacent to an activating group) is 1. The monoisotopic (exact) mass is 705 g/mol. The Morgan fingerprint density at radius 2 is 1.73 bits per heavy atom. The average molecular weight is 706 g/mol. The van der Waals surface area contributed by atoms with Crippen LogP contribution in [0.25, 0.3) is 6.08 Å². The summed E-state index contributed by atoms with van der Waals surface area (Å²) in [5, 5.41) is 3.77. The summed E-state index contributed by atoms with van der Waals surface area (Å²) in [6.07, 6.45) is -1.44. The van der Waals surface area contributed by atoms with Gasteiger partial charge in [0.2, 0.25) is 10.0 Å². The second-order valence-electron chi connectivity index (χ2n) is 13.0. The Hall–Kier alpha value is -3.79. The van der Waals surface area contributed by atoms with Crippen molar-refractivity contribution < 1.29 is 40.7 Å². The minimum Gasteiger partial charge on any atom is -0.406 e. The Balaban J connectivity index is 1.20. The van der Waals surface area contributed by atoms with Crippen LogP contribution in [0, 0.1) is 13.8 Å². The number of ether oxygens (including phenoxy) is 2. The molecule has 0 aromatic heterocycles. The summed E-state index contributed by atoms with van der Waals surface area (Å²) < 4.78 is 75.9. The molecular weight excluding hydrogens is 663 g/mol. The average Bonchev–Trinajstić information content (AvgIpc) is 3.34. The van der Waals surface area contributed by atoms with E-state index in [0.29, 0.717) is 30.8 Å². The third kappa shape index (κ3) is 8.87. The van der Waals surface area contributed by atoms with Gasteiger partial charge in [-0.3, -0.25) is 14.6 Å². The number of halogens is 3. The molecule has 0 radical (unpaired) electrons. The van der Waals surface area contributed by atoms with Crippen molar-refractivity contribution in [1.29, 1.82) is 0 Å². The molecular formula is C34H42F3N5O6S. The topological polar surface area (TPSA) is 121 Å². The molecule has 3 heterocycles. The quantitative estimate of drug-likeness (QED) is 0.396. The number of amidine groups is 1. The lowest BCUT2D eigenvalue weighted by Crippen LogP contribution is -2.50. The summed E-state index contributed by atoms with van der Waals surface area (Å²) in [7, 11) is 0.130. The zero-order chi connectivity index (χ0) is 35.6. The largest absolute Gasteiger partial charge is 0.573 e. The van der Waals surface area contributed by atoms with Gasteiger partial charge in [-0.1, -0.05) is 12.1 Å².